The van der Waals surface area contributed by atoms with E-state index in [0.29, 0.717) is 12.4 Å². The second-order valence-electron chi connectivity index (χ2n) is 5.23. The lowest BCUT2D eigenvalue weighted by atomic mass is 10.1. The molecule has 1 atom stereocenters. The lowest BCUT2D eigenvalue weighted by Crippen LogP contribution is -2.54. The first-order chi connectivity index (χ1) is 8.91. The Bertz CT molecular complexity index is 500. The van der Waals surface area contributed by atoms with Gasteiger partial charge in [0.05, 0.1) is 0 Å². The Labute approximate surface area is 113 Å². The molecule has 0 radical (unpaired) electrons. The summed E-state index contributed by atoms with van der Waals surface area (Å²) in [5.41, 5.74) is 6.81. The molecule has 1 saturated heterocycles. The summed E-state index contributed by atoms with van der Waals surface area (Å²) in [6, 6.07) is -0.234. The van der Waals surface area contributed by atoms with Crippen molar-refractivity contribution in [2.45, 2.75) is 39.7 Å². The lowest BCUT2D eigenvalue weighted by molar-refractivity contribution is -0.122. The van der Waals surface area contributed by atoms with Gasteiger partial charge in [0.1, 0.15) is 23.5 Å². The van der Waals surface area contributed by atoms with E-state index in [1.54, 1.807) is 0 Å². The molecule has 19 heavy (non-hydrogen) atoms. The molecule has 1 aliphatic heterocycles. The third-order valence-electron chi connectivity index (χ3n) is 3.46. The minimum Gasteiger partial charge on any atom is -0.383 e. The first-order valence-corrected chi connectivity index (χ1v) is 6.60. The molecule has 2 heterocycles. The molecule has 6 nitrogen and oxygen atoms in total. The molecule has 0 aromatic carbocycles. The second-order valence-corrected chi connectivity index (χ2v) is 5.23. The molecule has 0 bridgehead atoms. The topological polar surface area (TPSA) is 84.1 Å². The van der Waals surface area contributed by atoms with Crippen LogP contribution in [0.15, 0.2) is 0 Å². The van der Waals surface area contributed by atoms with Crippen LogP contribution in [0.2, 0.25) is 0 Å². The number of piperazine rings is 1. The Morgan fingerprint density at radius 2 is 2.11 bits per heavy atom. The monoisotopic (exact) mass is 263 g/mol. The number of carbonyl (C=O) groups is 1. The quantitative estimate of drug-likeness (QED) is 0.825. The molecule has 104 valence electrons. The normalized spacial score (nSPS) is 19.7. The summed E-state index contributed by atoms with van der Waals surface area (Å²) < 4.78 is 0. The zero-order valence-corrected chi connectivity index (χ0v) is 11.9. The van der Waals surface area contributed by atoms with Crippen LogP contribution in [0.5, 0.6) is 0 Å². The van der Waals surface area contributed by atoms with Gasteiger partial charge in [-0.1, -0.05) is 13.8 Å². The van der Waals surface area contributed by atoms with Crippen molar-refractivity contribution >= 4 is 17.5 Å². The van der Waals surface area contributed by atoms with E-state index in [1.165, 1.54) is 0 Å². The Morgan fingerprint density at radius 1 is 1.42 bits per heavy atom. The van der Waals surface area contributed by atoms with Crippen LogP contribution >= 0.6 is 0 Å². The molecule has 1 aliphatic rings. The summed E-state index contributed by atoms with van der Waals surface area (Å²) in [6.07, 6.45) is 0. The maximum absolute atomic E-state index is 11.8. The number of rotatable bonds is 2. The zero-order valence-electron chi connectivity index (χ0n) is 11.9. The van der Waals surface area contributed by atoms with Gasteiger partial charge in [0.25, 0.3) is 0 Å². The van der Waals surface area contributed by atoms with Gasteiger partial charge in [-0.3, -0.25) is 4.79 Å². The average molecular weight is 263 g/mol. The van der Waals surface area contributed by atoms with Gasteiger partial charge in [-0.15, -0.1) is 0 Å². The van der Waals surface area contributed by atoms with Crippen LogP contribution in [-0.4, -0.2) is 35.0 Å². The van der Waals surface area contributed by atoms with Crippen LogP contribution in [0.4, 0.5) is 11.6 Å². The lowest BCUT2D eigenvalue weighted by Gasteiger charge is -2.35. The molecule has 1 unspecified atom stereocenters. The number of nitrogens with zero attached hydrogens (tertiary/aromatic N) is 3. The maximum Gasteiger partial charge on any atom is 0.242 e. The molecule has 0 aliphatic carbocycles. The highest BCUT2D eigenvalue weighted by Gasteiger charge is 2.28. The number of carbonyl (C=O) groups excluding carboxylic acids is 1. The number of nitrogens with two attached hydrogens (primary N) is 1. The first-order valence-electron chi connectivity index (χ1n) is 6.60. The van der Waals surface area contributed by atoms with Crippen molar-refractivity contribution < 1.29 is 4.79 Å². The highest BCUT2D eigenvalue weighted by Crippen LogP contribution is 2.26. The Kier molecular flexibility index (Phi) is 3.59. The van der Waals surface area contributed by atoms with E-state index in [0.717, 1.165) is 23.8 Å². The van der Waals surface area contributed by atoms with E-state index in [4.69, 9.17) is 5.73 Å². The molecule has 1 fully saturated rings. The van der Waals surface area contributed by atoms with Gasteiger partial charge in [-0.25, -0.2) is 9.97 Å². The van der Waals surface area contributed by atoms with E-state index in [2.05, 4.69) is 15.3 Å². The van der Waals surface area contributed by atoms with Crippen LogP contribution in [-0.2, 0) is 4.79 Å². The van der Waals surface area contributed by atoms with Crippen molar-refractivity contribution in [2.75, 3.05) is 23.7 Å². The summed E-state index contributed by atoms with van der Waals surface area (Å²) in [6.45, 7) is 9.20. The molecular formula is C13H21N5O. The average Bonchev–Trinajstić information content (AvgIpc) is 2.36. The van der Waals surface area contributed by atoms with E-state index in [1.807, 2.05) is 32.6 Å². The van der Waals surface area contributed by atoms with E-state index in [-0.39, 0.29) is 17.9 Å². The molecular weight excluding hydrogens is 242 g/mol. The molecule has 1 amide bonds. The van der Waals surface area contributed by atoms with Crippen molar-refractivity contribution in [3.8, 4) is 0 Å². The van der Waals surface area contributed by atoms with Gasteiger partial charge in [0.15, 0.2) is 0 Å². The van der Waals surface area contributed by atoms with Gasteiger partial charge in [0.2, 0.25) is 5.91 Å². The molecule has 3 N–H and O–H groups in total. The Morgan fingerprint density at radius 3 is 2.74 bits per heavy atom. The Hall–Kier alpha value is -1.85. The van der Waals surface area contributed by atoms with Crippen molar-refractivity contribution in [3.05, 3.63) is 11.4 Å². The molecule has 2 rings (SSSR count). The van der Waals surface area contributed by atoms with Gasteiger partial charge < -0.3 is 16.0 Å². The third-order valence-corrected chi connectivity index (χ3v) is 3.46. The van der Waals surface area contributed by atoms with Crippen LogP contribution in [0.25, 0.3) is 0 Å². The zero-order chi connectivity index (χ0) is 14.2. The highest BCUT2D eigenvalue weighted by atomic mass is 16.2. The second kappa shape index (κ2) is 5.03. The summed E-state index contributed by atoms with van der Waals surface area (Å²) in [5.74, 6) is 2.21. The molecule has 1 aromatic heterocycles. The third kappa shape index (κ3) is 2.47. The summed E-state index contributed by atoms with van der Waals surface area (Å²) in [5, 5.41) is 2.85. The SMILES string of the molecule is Cc1c(N)nc(C(C)C)nc1N1CCNC(=O)C1C. The fraction of sp³-hybridized carbons (Fsp3) is 0.615. The highest BCUT2D eigenvalue weighted by molar-refractivity contribution is 5.86. The van der Waals surface area contributed by atoms with Gasteiger partial charge in [-0.2, -0.15) is 0 Å². The summed E-state index contributed by atoms with van der Waals surface area (Å²) in [4.78, 5) is 22.7. The van der Waals surface area contributed by atoms with Crippen molar-refractivity contribution in [3.63, 3.8) is 0 Å². The number of hydrogen-bond acceptors (Lipinski definition) is 5. The summed E-state index contributed by atoms with van der Waals surface area (Å²) >= 11 is 0. The fourth-order valence-corrected chi connectivity index (χ4v) is 2.15. The van der Waals surface area contributed by atoms with Crippen LogP contribution in [0.1, 0.15) is 38.1 Å². The maximum atomic E-state index is 11.8. The summed E-state index contributed by atoms with van der Waals surface area (Å²) in [7, 11) is 0. The number of aromatic nitrogens is 2. The van der Waals surface area contributed by atoms with Crippen LogP contribution < -0.4 is 16.0 Å². The van der Waals surface area contributed by atoms with Crippen LogP contribution in [0, 0.1) is 6.92 Å². The van der Waals surface area contributed by atoms with Gasteiger partial charge in [-0.05, 0) is 13.8 Å². The van der Waals surface area contributed by atoms with Crippen molar-refractivity contribution in [2.24, 2.45) is 0 Å². The predicted octanol–water partition coefficient (Wildman–Crippen LogP) is 0.815. The minimum absolute atomic E-state index is 0.0222. The number of nitrogen functional groups attached to an aromatic ring is 1. The smallest absolute Gasteiger partial charge is 0.242 e. The number of nitrogens with one attached hydrogen (secondary N) is 1. The number of anilines is 2. The van der Waals surface area contributed by atoms with Crippen molar-refractivity contribution in [1.82, 2.24) is 15.3 Å². The molecule has 1 aromatic rings. The Balaban J connectivity index is 2.45. The molecule has 0 saturated carbocycles. The largest absolute Gasteiger partial charge is 0.383 e. The van der Waals surface area contributed by atoms with Gasteiger partial charge in [0, 0.05) is 24.6 Å². The van der Waals surface area contributed by atoms with E-state index in [9.17, 15) is 4.79 Å². The van der Waals surface area contributed by atoms with Crippen molar-refractivity contribution in [1.29, 1.82) is 0 Å². The van der Waals surface area contributed by atoms with Gasteiger partial charge >= 0.3 is 0 Å². The standard InChI is InChI=1S/C13H21N5O/c1-7(2)11-16-10(14)8(3)12(17-11)18-6-5-15-13(19)9(18)4/h7,9H,5-6H2,1-4H3,(H,15,19)(H2,14,16,17). The number of amides is 1. The number of hydrogen-bond donors (Lipinski definition) is 2. The first kappa shape index (κ1) is 13.6. The minimum atomic E-state index is -0.234. The van der Waals surface area contributed by atoms with E-state index >= 15 is 0 Å². The fourth-order valence-electron chi connectivity index (χ4n) is 2.15. The van der Waals surface area contributed by atoms with E-state index < -0.39 is 0 Å². The predicted molar refractivity (Wildman–Crippen MR) is 75.1 cm³/mol. The molecule has 6 heteroatoms. The van der Waals surface area contributed by atoms with Crippen LogP contribution in [0.3, 0.4) is 0 Å². The molecule has 0 spiro atoms.